The molecule has 1 atom stereocenters. The number of allylic oxidation sites excluding steroid dienone is 4. The third-order valence-electron chi connectivity index (χ3n) is 3.16. The molecule has 0 bridgehead atoms. The van der Waals surface area contributed by atoms with E-state index in [9.17, 15) is 0 Å². The van der Waals surface area contributed by atoms with Crippen LogP contribution < -0.4 is 0 Å². The first kappa shape index (κ1) is 11.6. The van der Waals surface area contributed by atoms with Crippen LogP contribution in [0.5, 0.6) is 0 Å². The molecule has 0 aliphatic heterocycles. The molecule has 0 heterocycles. The predicted molar refractivity (Wildman–Crippen MR) is 64.3 cm³/mol. The van der Waals surface area contributed by atoms with E-state index in [1.54, 1.807) is 5.57 Å². The Labute approximate surface area is 89.1 Å². The lowest BCUT2D eigenvalue weighted by atomic mass is 9.82. The molecular weight excluding hydrogens is 168 g/mol. The summed E-state index contributed by atoms with van der Waals surface area (Å²) in [7, 11) is 0. The van der Waals surface area contributed by atoms with Gasteiger partial charge in [0.15, 0.2) is 0 Å². The van der Waals surface area contributed by atoms with Gasteiger partial charge in [-0.05, 0) is 37.5 Å². The van der Waals surface area contributed by atoms with Crippen LogP contribution in [0.4, 0.5) is 0 Å². The molecule has 1 unspecified atom stereocenters. The van der Waals surface area contributed by atoms with Crippen LogP contribution in [0, 0.1) is 11.8 Å². The quantitative estimate of drug-likeness (QED) is 0.565. The summed E-state index contributed by atoms with van der Waals surface area (Å²) in [6.45, 7) is 7.02. The minimum Gasteiger partial charge on any atom is -0.0879 e. The van der Waals surface area contributed by atoms with Crippen LogP contribution in [0.15, 0.2) is 23.8 Å². The molecule has 0 saturated heterocycles. The predicted octanol–water partition coefficient (Wildman–Crippen LogP) is 4.73. The molecule has 0 nitrogen and oxygen atoms in total. The zero-order valence-electron chi connectivity index (χ0n) is 9.92. The van der Waals surface area contributed by atoms with Gasteiger partial charge in [-0.15, -0.1) is 0 Å². The summed E-state index contributed by atoms with van der Waals surface area (Å²) < 4.78 is 0. The number of rotatable bonds is 4. The van der Waals surface area contributed by atoms with E-state index in [4.69, 9.17) is 0 Å². The number of hydrogen-bond donors (Lipinski definition) is 0. The second kappa shape index (κ2) is 6.06. The fourth-order valence-corrected chi connectivity index (χ4v) is 2.38. The van der Waals surface area contributed by atoms with Crippen molar-refractivity contribution >= 4 is 0 Å². The van der Waals surface area contributed by atoms with E-state index in [1.807, 2.05) is 0 Å². The van der Waals surface area contributed by atoms with Gasteiger partial charge in [0.05, 0.1) is 0 Å². The van der Waals surface area contributed by atoms with Gasteiger partial charge in [-0.2, -0.15) is 0 Å². The van der Waals surface area contributed by atoms with Crippen LogP contribution in [0.1, 0.15) is 52.9 Å². The SMILES string of the molecule is CCCC(C1=CCC=CCC1)C(C)C. The molecule has 1 aliphatic carbocycles. The maximum absolute atomic E-state index is 2.46. The molecule has 0 aromatic heterocycles. The van der Waals surface area contributed by atoms with Crippen molar-refractivity contribution in [3.8, 4) is 0 Å². The van der Waals surface area contributed by atoms with Crippen molar-refractivity contribution in [3.05, 3.63) is 23.8 Å². The third kappa shape index (κ3) is 3.32. The van der Waals surface area contributed by atoms with Crippen molar-refractivity contribution in [1.29, 1.82) is 0 Å². The molecule has 0 spiro atoms. The van der Waals surface area contributed by atoms with E-state index in [1.165, 1.54) is 25.7 Å². The van der Waals surface area contributed by atoms with Crippen LogP contribution in [-0.4, -0.2) is 0 Å². The van der Waals surface area contributed by atoms with Crippen molar-refractivity contribution in [3.63, 3.8) is 0 Å². The van der Waals surface area contributed by atoms with Gasteiger partial charge in [-0.25, -0.2) is 0 Å². The Morgan fingerprint density at radius 3 is 2.71 bits per heavy atom. The molecule has 80 valence electrons. The van der Waals surface area contributed by atoms with E-state index in [0.717, 1.165) is 18.3 Å². The van der Waals surface area contributed by atoms with Crippen molar-refractivity contribution in [2.45, 2.75) is 52.9 Å². The van der Waals surface area contributed by atoms with Gasteiger partial charge in [0.2, 0.25) is 0 Å². The molecule has 0 aromatic rings. The molecular formula is C14H24. The summed E-state index contributed by atoms with van der Waals surface area (Å²) in [6.07, 6.45) is 13.5. The molecule has 0 amide bonds. The molecule has 0 saturated carbocycles. The third-order valence-corrected chi connectivity index (χ3v) is 3.16. The first-order valence-corrected chi connectivity index (χ1v) is 6.09. The molecule has 14 heavy (non-hydrogen) atoms. The van der Waals surface area contributed by atoms with Crippen LogP contribution >= 0.6 is 0 Å². The highest BCUT2D eigenvalue weighted by Gasteiger charge is 2.16. The Morgan fingerprint density at radius 2 is 2.07 bits per heavy atom. The Hall–Kier alpha value is -0.520. The molecule has 0 N–H and O–H groups in total. The maximum atomic E-state index is 2.46. The highest BCUT2D eigenvalue weighted by Crippen LogP contribution is 2.30. The van der Waals surface area contributed by atoms with E-state index in [-0.39, 0.29) is 0 Å². The second-order valence-electron chi connectivity index (χ2n) is 4.66. The molecule has 1 aliphatic rings. The number of hydrogen-bond acceptors (Lipinski definition) is 0. The largest absolute Gasteiger partial charge is 0.0879 e. The fourth-order valence-electron chi connectivity index (χ4n) is 2.38. The molecule has 1 rings (SSSR count). The highest BCUT2D eigenvalue weighted by molar-refractivity contribution is 5.13. The summed E-state index contributed by atoms with van der Waals surface area (Å²) in [5.41, 5.74) is 1.71. The fraction of sp³-hybridized carbons (Fsp3) is 0.714. The standard InChI is InChI=1S/C14H24/c1-4-9-14(12(2)3)13-10-7-5-6-8-11-13/h5-6,10,12,14H,4,7-9,11H2,1-3H3. The monoisotopic (exact) mass is 192 g/mol. The van der Waals surface area contributed by atoms with Crippen LogP contribution in [0.25, 0.3) is 0 Å². The second-order valence-corrected chi connectivity index (χ2v) is 4.66. The van der Waals surface area contributed by atoms with Gasteiger partial charge in [-0.3, -0.25) is 0 Å². The van der Waals surface area contributed by atoms with Gasteiger partial charge < -0.3 is 0 Å². The highest BCUT2D eigenvalue weighted by atomic mass is 14.2. The van der Waals surface area contributed by atoms with Gasteiger partial charge in [-0.1, -0.05) is 51.0 Å². The van der Waals surface area contributed by atoms with Crippen LogP contribution in [-0.2, 0) is 0 Å². The van der Waals surface area contributed by atoms with Crippen molar-refractivity contribution < 1.29 is 0 Å². The van der Waals surface area contributed by atoms with Crippen LogP contribution in [0.2, 0.25) is 0 Å². The first-order valence-electron chi connectivity index (χ1n) is 6.09. The van der Waals surface area contributed by atoms with Gasteiger partial charge in [0, 0.05) is 0 Å². The Kier molecular flexibility index (Phi) is 5.00. The molecule has 0 aromatic carbocycles. The van der Waals surface area contributed by atoms with Crippen molar-refractivity contribution in [2.24, 2.45) is 11.8 Å². The Morgan fingerprint density at radius 1 is 1.29 bits per heavy atom. The summed E-state index contributed by atoms with van der Waals surface area (Å²) in [4.78, 5) is 0. The minimum absolute atomic E-state index is 0.805. The maximum Gasteiger partial charge on any atom is -0.0166 e. The van der Waals surface area contributed by atoms with Gasteiger partial charge >= 0.3 is 0 Å². The normalized spacial score (nSPS) is 19.3. The summed E-state index contributed by atoms with van der Waals surface area (Å²) in [5.74, 6) is 1.64. The topological polar surface area (TPSA) is 0 Å². The first-order chi connectivity index (χ1) is 6.75. The lowest BCUT2D eigenvalue weighted by molar-refractivity contribution is 0.400. The van der Waals surface area contributed by atoms with E-state index in [0.29, 0.717) is 0 Å². The Bertz CT molecular complexity index is 208. The Balaban J connectivity index is 2.62. The van der Waals surface area contributed by atoms with Crippen LogP contribution in [0.3, 0.4) is 0 Å². The smallest absolute Gasteiger partial charge is 0.0166 e. The summed E-state index contributed by atoms with van der Waals surface area (Å²) >= 11 is 0. The zero-order chi connectivity index (χ0) is 10.4. The molecule has 0 fully saturated rings. The zero-order valence-corrected chi connectivity index (χ0v) is 9.92. The van der Waals surface area contributed by atoms with Crippen molar-refractivity contribution in [2.75, 3.05) is 0 Å². The van der Waals surface area contributed by atoms with Crippen molar-refractivity contribution in [1.82, 2.24) is 0 Å². The van der Waals surface area contributed by atoms with E-state index < -0.39 is 0 Å². The van der Waals surface area contributed by atoms with Gasteiger partial charge in [0.1, 0.15) is 0 Å². The van der Waals surface area contributed by atoms with E-state index >= 15 is 0 Å². The summed E-state index contributed by atoms with van der Waals surface area (Å²) in [6, 6.07) is 0. The molecule has 0 heteroatoms. The lowest BCUT2D eigenvalue weighted by Crippen LogP contribution is -2.11. The van der Waals surface area contributed by atoms with E-state index in [2.05, 4.69) is 39.0 Å². The molecule has 0 radical (unpaired) electrons. The minimum atomic E-state index is 0.805. The average molecular weight is 192 g/mol. The summed E-state index contributed by atoms with van der Waals surface area (Å²) in [5, 5.41) is 0. The van der Waals surface area contributed by atoms with Gasteiger partial charge in [0.25, 0.3) is 0 Å². The lowest BCUT2D eigenvalue weighted by Gasteiger charge is -2.23. The average Bonchev–Trinajstić information content (AvgIpc) is 2.41.